The molecule has 0 aromatic heterocycles. The zero-order valence-corrected chi connectivity index (χ0v) is 25.5. The Morgan fingerprint density at radius 2 is 1.65 bits per heavy atom. The molecule has 40 heavy (non-hydrogen) atoms. The highest BCUT2D eigenvalue weighted by Gasteiger charge is 2.33. The Kier molecular flexibility index (Phi) is 10.9. The van der Waals surface area contributed by atoms with Crippen molar-refractivity contribution in [1.82, 2.24) is 10.2 Å². The first-order valence-electron chi connectivity index (χ1n) is 13.1. The molecule has 214 valence electrons. The average Bonchev–Trinajstić information content (AvgIpc) is 2.91. The Morgan fingerprint density at radius 3 is 2.23 bits per heavy atom. The Hall–Kier alpha value is -3.24. The van der Waals surface area contributed by atoms with Crippen LogP contribution in [0.25, 0.3) is 0 Å². The van der Waals surface area contributed by atoms with Crippen LogP contribution in [0.5, 0.6) is 0 Å². The van der Waals surface area contributed by atoms with E-state index in [0.717, 1.165) is 9.87 Å². The molecular formula is C30H35BrFN3O4S. The lowest BCUT2D eigenvalue weighted by Gasteiger charge is -2.33. The Labute approximate surface area is 244 Å². The predicted molar refractivity (Wildman–Crippen MR) is 159 cm³/mol. The lowest BCUT2D eigenvalue weighted by Crippen LogP contribution is -2.52. The number of hydrogen-bond donors (Lipinski definition) is 1. The number of amides is 2. The summed E-state index contributed by atoms with van der Waals surface area (Å²) >= 11 is 3.39. The molecule has 3 aromatic carbocycles. The molecule has 0 aliphatic heterocycles. The molecule has 0 heterocycles. The van der Waals surface area contributed by atoms with Crippen molar-refractivity contribution >= 4 is 43.5 Å². The van der Waals surface area contributed by atoms with E-state index in [4.69, 9.17) is 0 Å². The first kappa shape index (κ1) is 31.3. The van der Waals surface area contributed by atoms with E-state index in [-0.39, 0.29) is 23.3 Å². The number of sulfonamides is 1. The summed E-state index contributed by atoms with van der Waals surface area (Å²) in [4.78, 5) is 28.6. The third-order valence-corrected chi connectivity index (χ3v) is 8.60. The van der Waals surface area contributed by atoms with E-state index in [0.29, 0.717) is 28.7 Å². The number of benzene rings is 3. The van der Waals surface area contributed by atoms with Crippen molar-refractivity contribution in [2.75, 3.05) is 17.4 Å². The topological polar surface area (TPSA) is 86.8 Å². The molecule has 3 rings (SSSR count). The van der Waals surface area contributed by atoms with Crippen molar-refractivity contribution in [1.29, 1.82) is 0 Å². The number of carbonyl (C=O) groups is 2. The molecule has 2 amide bonds. The van der Waals surface area contributed by atoms with Crippen molar-refractivity contribution in [2.45, 2.75) is 51.6 Å². The molecule has 1 atom stereocenters. The van der Waals surface area contributed by atoms with Crippen LogP contribution in [0, 0.1) is 18.7 Å². The van der Waals surface area contributed by atoms with Crippen LogP contribution in [0.2, 0.25) is 0 Å². The average molecular weight is 633 g/mol. The van der Waals surface area contributed by atoms with Gasteiger partial charge in [-0.15, -0.1) is 0 Å². The van der Waals surface area contributed by atoms with Gasteiger partial charge in [0.1, 0.15) is 18.4 Å². The molecule has 0 spiro atoms. The fourth-order valence-electron chi connectivity index (χ4n) is 4.13. The number of nitrogens with zero attached hydrogens (tertiary/aromatic N) is 2. The van der Waals surface area contributed by atoms with Crippen molar-refractivity contribution in [3.05, 3.63) is 94.2 Å². The standard InChI is InChI=1S/C30H35BrFN3O4S/c1-5-28(30(37)33-18-21(2)3)34(19-23-11-13-25(32)14-12-23)29(36)20-35(26-8-6-7-24(31)17-26)40(38,39)27-15-9-22(4)10-16-27/h6-17,21,28H,5,18-20H2,1-4H3,(H,33,37)/t28-/m1/s1. The van der Waals surface area contributed by atoms with Crippen LogP contribution in [0.4, 0.5) is 10.1 Å². The molecular weight excluding hydrogens is 597 g/mol. The van der Waals surface area contributed by atoms with Crippen LogP contribution in [-0.4, -0.2) is 44.3 Å². The van der Waals surface area contributed by atoms with E-state index in [9.17, 15) is 22.4 Å². The van der Waals surface area contributed by atoms with Gasteiger partial charge in [0.25, 0.3) is 10.0 Å². The minimum atomic E-state index is -4.15. The van der Waals surface area contributed by atoms with Crippen LogP contribution < -0.4 is 9.62 Å². The van der Waals surface area contributed by atoms with Crippen molar-refractivity contribution in [3.8, 4) is 0 Å². The fraction of sp³-hybridized carbons (Fsp3) is 0.333. The molecule has 7 nitrogen and oxygen atoms in total. The normalized spacial score (nSPS) is 12.2. The second kappa shape index (κ2) is 13.9. The maximum Gasteiger partial charge on any atom is 0.264 e. The van der Waals surface area contributed by atoms with Gasteiger partial charge >= 0.3 is 0 Å². The summed E-state index contributed by atoms with van der Waals surface area (Å²) in [6.45, 7) is 7.47. The SMILES string of the molecule is CC[C@H](C(=O)NCC(C)C)N(Cc1ccc(F)cc1)C(=O)CN(c1cccc(Br)c1)S(=O)(=O)c1ccc(C)cc1. The molecule has 0 radical (unpaired) electrons. The maximum atomic E-state index is 14.0. The van der Waals surface area contributed by atoms with E-state index in [2.05, 4.69) is 21.2 Å². The Morgan fingerprint density at radius 1 is 1.00 bits per heavy atom. The summed E-state index contributed by atoms with van der Waals surface area (Å²) in [5.41, 5.74) is 1.80. The fourth-order valence-corrected chi connectivity index (χ4v) is 5.92. The minimum absolute atomic E-state index is 0.00359. The van der Waals surface area contributed by atoms with E-state index in [1.807, 2.05) is 20.8 Å². The second-order valence-corrected chi connectivity index (χ2v) is 12.8. The Bertz CT molecular complexity index is 1410. The largest absolute Gasteiger partial charge is 0.354 e. The van der Waals surface area contributed by atoms with Gasteiger partial charge in [-0.05, 0) is 67.3 Å². The van der Waals surface area contributed by atoms with Gasteiger partial charge in [0, 0.05) is 17.6 Å². The molecule has 3 aromatic rings. The van der Waals surface area contributed by atoms with E-state index >= 15 is 0 Å². The maximum absolute atomic E-state index is 14.0. The zero-order valence-electron chi connectivity index (χ0n) is 23.1. The van der Waals surface area contributed by atoms with Gasteiger partial charge in [0.2, 0.25) is 11.8 Å². The minimum Gasteiger partial charge on any atom is -0.354 e. The number of anilines is 1. The van der Waals surface area contributed by atoms with Crippen molar-refractivity contribution in [2.24, 2.45) is 5.92 Å². The molecule has 1 N–H and O–H groups in total. The van der Waals surface area contributed by atoms with Gasteiger partial charge in [-0.2, -0.15) is 0 Å². The van der Waals surface area contributed by atoms with E-state index in [1.54, 1.807) is 55.5 Å². The summed E-state index contributed by atoms with van der Waals surface area (Å²) in [5, 5.41) is 2.89. The summed E-state index contributed by atoms with van der Waals surface area (Å²) in [7, 11) is -4.15. The lowest BCUT2D eigenvalue weighted by atomic mass is 10.1. The van der Waals surface area contributed by atoms with Crippen LogP contribution in [-0.2, 0) is 26.2 Å². The van der Waals surface area contributed by atoms with Crippen LogP contribution in [0.15, 0.2) is 82.2 Å². The zero-order chi connectivity index (χ0) is 29.4. The molecule has 0 saturated carbocycles. The summed E-state index contributed by atoms with van der Waals surface area (Å²) in [5.74, 6) is -1.11. The molecule has 0 saturated heterocycles. The molecule has 0 bridgehead atoms. The van der Waals surface area contributed by atoms with Gasteiger partial charge < -0.3 is 10.2 Å². The highest BCUT2D eigenvalue weighted by molar-refractivity contribution is 9.10. The lowest BCUT2D eigenvalue weighted by molar-refractivity contribution is -0.140. The van der Waals surface area contributed by atoms with Crippen LogP contribution in [0.1, 0.15) is 38.3 Å². The number of carbonyl (C=O) groups excluding carboxylic acids is 2. The monoisotopic (exact) mass is 631 g/mol. The Balaban J connectivity index is 2.04. The van der Waals surface area contributed by atoms with E-state index < -0.39 is 34.3 Å². The molecule has 0 unspecified atom stereocenters. The quantitative estimate of drug-likeness (QED) is 0.279. The molecule has 10 heteroatoms. The van der Waals surface area contributed by atoms with Crippen molar-refractivity contribution in [3.63, 3.8) is 0 Å². The first-order valence-corrected chi connectivity index (χ1v) is 15.3. The summed E-state index contributed by atoms with van der Waals surface area (Å²) < 4.78 is 43.1. The van der Waals surface area contributed by atoms with Gasteiger partial charge in [-0.3, -0.25) is 13.9 Å². The number of nitrogens with one attached hydrogen (secondary N) is 1. The van der Waals surface area contributed by atoms with Gasteiger partial charge in [0.15, 0.2) is 0 Å². The molecule has 0 aliphatic rings. The number of hydrogen-bond acceptors (Lipinski definition) is 4. The smallest absolute Gasteiger partial charge is 0.264 e. The number of rotatable bonds is 12. The first-order chi connectivity index (χ1) is 18.9. The van der Waals surface area contributed by atoms with Crippen LogP contribution in [0.3, 0.4) is 0 Å². The summed E-state index contributed by atoms with van der Waals surface area (Å²) in [6, 6.07) is 17.9. The van der Waals surface area contributed by atoms with Gasteiger partial charge in [-0.1, -0.05) is 72.6 Å². The number of halogens is 2. The second-order valence-electron chi connectivity index (χ2n) is 10.0. The highest BCUT2D eigenvalue weighted by atomic mass is 79.9. The van der Waals surface area contributed by atoms with Crippen LogP contribution >= 0.6 is 15.9 Å². The third-order valence-electron chi connectivity index (χ3n) is 6.32. The summed E-state index contributed by atoms with van der Waals surface area (Å²) in [6.07, 6.45) is 0.304. The van der Waals surface area contributed by atoms with E-state index in [1.165, 1.54) is 29.2 Å². The van der Waals surface area contributed by atoms with Gasteiger partial charge in [-0.25, -0.2) is 12.8 Å². The third kappa shape index (κ3) is 8.14. The predicted octanol–water partition coefficient (Wildman–Crippen LogP) is 5.67. The van der Waals surface area contributed by atoms with Crippen molar-refractivity contribution < 1.29 is 22.4 Å². The number of aryl methyl sites for hydroxylation is 1. The highest BCUT2D eigenvalue weighted by Crippen LogP contribution is 2.27. The van der Waals surface area contributed by atoms with Gasteiger partial charge in [0.05, 0.1) is 10.6 Å². The molecule has 0 aliphatic carbocycles. The molecule has 0 fully saturated rings.